The molecule has 0 aliphatic heterocycles. The number of hydrogen-bond acceptors (Lipinski definition) is 4. The monoisotopic (exact) mass is 509 g/mol. The molecule has 0 aliphatic rings. The van der Waals surface area contributed by atoms with Crippen molar-refractivity contribution < 1.29 is 19.0 Å². The van der Waals surface area contributed by atoms with E-state index in [2.05, 4.69) is 21.2 Å². The van der Waals surface area contributed by atoms with Gasteiger partial charge in [-0.25, -0.2) is 0 Å². The Morgan fingerprint density at radius 3 is 2.13 bits per heavy atom. The summed E-state index contributed by atoms with van der Waals surface area (Å²) in [6, 6.07) is 19.8. The molecule has 0 aromatic heterocycles. The number of carbonyl (C=O) groups excluding carboxylic acids is 1. The van der Waals surface area contributed by atoms with Crippen molar-refractivity contribution in [2.24, 2.45) is 0 Å². The van der Waals surface area contributed by atoms with Crippen LogP contribution in [-0.4, -0.2) is 25.7 Å². The van der Waals surface area contributed by atoms with E-state index in [-0.39, 0.29) is 12.5 Å². The number of para-hydroxylation sites is 1. The Kier molecular flexibility index (Phi) is 8.25. The first-order valence-electron chi connectivity index (χ1n) is 8.99. The number of amides is 1. The molecule has 0 spiro atoms. The molecule has 30 heavy (non-hydrogen) atoms. The number of ether oxygens (including phenoxy) is 3. The molecular formula is C22H18BrCl2NO4. The van der Waals surface area contributed by atoms with Gasteiger partial charge in [0.1, 0.15) is 24.7 Å². The molecule has 8 heteroatoms. The van der Waals surface area contributed by atoms with Gasteiger partial charge in [-0.05, 0) is 64.5 Å². The van der Waals surface area contributed by atoms with Gasteiger partial charge in [0.15, 0.2) is 12.4 Å². The summed E-state index contributed by atoms with van der Waals surface area (Å²) in [5.41, 5.74) is 0.623. The topological polar surface area (TPSA) is 56.8 Å². The molecule has 0 radical (unpaired) electrons. The van der Waals surface area contributed by atoms with Crippen LogP contribution in [0.1, 0.15) is 0 Å². The minimum atomic E-state index is -0.321. The fourth-order valence-corrected chi connectivity index (χ4v) is 3.84. The molecule has 1 N–H and O–H groups in total. The predicted molar refractivity (Wildman–Crippen MR) is 122 cm³/mol. The molecule has 3 rings (SSSR count). The second-order valence-electron chi connectivity index (χ2n) is 6.07. The first-order chi connectivity index (χ1) is 14.5. The van der Waals surface area contributed by atoms with Crippen LogP contribution in [-0.2, 0) is 4.79 Å². The van der Waals surface area contributed by atoms with Crippen LogP contribution < -0.4 is 19.5 Å². The Balaban J connectivity index is 1.42. The van der Waals surface area contributed by atoms with Gasteiger partial charge in [0.05, 0.1) is 9.50 Å². The third-order valence-electron chi connectivity index (χ3n) is 3.81. The maximum atomic E-state index is 12.1. The molecular weight excluding hydrogens is 493 g/mol. The second-order valence-corrected chi connectivity index (χ2v) is 7.77. The lowest BCUT2D eigenvalue weighted by Crippen LogP contribution is -2.20. The zero-order valence-corrected chi connectivity index (χ0v) is 18.8. The van der Waals surface area contributed by atoms with E-state index in [1.807, 2.05) is 30.3 Å². The van der Waals surface area contributed by atoms with Gasteiger partial charge in [-0.15, -0.1) is 0 Å². The molecule has 0 atom stereocenters. The van der Waals surface area contributed by atoms with Crippen molar-refractivity contribution in [3.8, 4) is 17.2 Å². The largest absolute Gasteiger partial charge is 0.490 e. The van der Waals surface area contributed by atoms with Gasteiger partial charge in [-0.2, -0.15) is 0 Å². The quantitative estimate of drug-likeness (QED) is 0.346. The third-order valence-corrected chi connectivity index (χ3v) is 4.90. The zero-order chi connectivity index (χ0) is 21.3. The van der Waals surface area contributed by atoms with Crippen molar-refractivity contribution in [3.05, 3.63) is 81.2 Å². The summed E-state index contributed by atoms with van der Waals surface area (Å²) in [7, 11) is 0. The number of hydrogen-bond donors (Lipinski definition) is 1. The molecule has 5 nitrogen and oxygen atoms in total. The number of benzene rings is 3. The van der Waals surface area contributed by atoms with Crippen molar-refractivity contribution >= 4 is 50.7 Å². The Labute approximate surface area is 193 Å². The molecule has 3 aromatic carbocycles. The maximum absolute atomic E-state index is 12.1. The zero-order valence-electron chi connectivity index (χ0n) is 15.7. The van der Waals surface area contributed by atoms with Gasteiger partial charge < -0.3 is 19.5 Å². The molecule has 0 saturated carbocycles. The maximum Gasteiger partial charge on any atom is 0.262 e. The normalized spacial score (nSPS) is 10.4. The highest BCUT2D eigenvalue weighted by atomic mass is 79.9. The molecule has 1 amide bonds. The number of rotatable bonds is 9. The van der Waals surface area contributed by atoms with Crippen molar-refractivity contribution in [1.82, 2.24) is 0 Å². The van der Waals surface area contributed by atoms with E-state index in [1.54, 1.807) is 36.4 Å². The first-order valence-corrected chi connectivity index (χ1v) is 10.5. The van der Waals surface area contributed by atoms with Crippen molar-refractivity contribution in [3.63, 3.8) is 0 Å². The molecule has 0 fully saturated rings. The van der Waals surface area contributed by atoms with E-state index in [1.165, 1.54) is 0 Å². The standard InChI is InChI=1S/C22H18BrCl2NO4/c23-19-12-15(24)13-20(25)22(19)30-14-21(27)26-16-6-8-18(9-7-16)29-11-10-28-17-4-2-1-3-5-17/h1-9,12-13H,10-11,14H2,(H,26,27). The Morgan fingerprint density at radius 1 is 0.867 bits per heavy atom. The Bertz CT molecular complexity index is 961. The molecule has 3 aromatic rings. The number of anilines is 1. The van der Waals surface area contributed by atoms with Crippen LogP contribution in [0.25, 0.3) is 0 Å². The van der Waals surface area contributed by atoms with Crippen LogP contribution in [0, 0.1) is 0 Å². The van der Waals surface area contributed by atoms with Gasteiger partial charge in [0.2, 0.25) is 0 Å². The summed E-state index contributed by atoms with van der Waals surface area (Å²) in [5, 5.41) is 3.54. The van der Waals surface area contributed by atoms with Gasteiger partial charge in [-0.1, -0.05) is 41.4 Å². The molecule has 0 bridgehead atoms. The summed E-state index contributed by atoms with van der Waals surface area (Å²) in [4.78, 5) is 12.1. The van der Waals surface area contributed by atoms with E-state index >= 15 is 0 Å². The van der Waals surface area contributed by atoms with E-state index in [0.29, 0.717) is 44.9 Å². The van der Waals surface area contributed by atoms with Gasteiger partial charge in [0, 0.05) is 10.7 Å². The van der Waals surface area contributed by atoms with Crippen molar-refractivity contribution in [2.45, 2.75) is 0 Å². The lowest BCUT2D eigenvalue weighted by Gasteiger charge is -2.11. The third kappa shape index (κ3) is 6.83. The predicted octanol–water partition coefficient (Wildman–Crippen LogP) is 6.23. The van der Waals surface area contributed by atoms with Crippen LogP contribution in [0.15, 0.2) is 71.2 Å². The number of carbonyl (C=O) groups is 1. The van der Waals surface area contributed by atoms with Crippen molar-refractivity contribution in [1.29, 1.82) is 0 Å². The van der Waals surface area contributed by atoms with Crippen LogP contribution in [0.3, 0.4) is 0 Å². The van der Waals surface area contributed by atoms with Gasteiger partial charge in [0.25, 0.3) is 5.91 Å². The summed E-state index contributed by atoms with van der Waals surface area (Å²) in [6.07, 6.45) is 0. The fraction of sp³-hybridized carbons (Fsp3) is 0.136. The van der Waals surface area contributed by atoms with Crippen LogP contribution in [0.2, 0.25) is 10.0 Å². The van der Waals surface area contributed by atoms with E-state index < -0.39 is 0 Å². The minimum Gasteiger partial charge on any atom is -0.490 e. The smallest absolute Gasteiger partial charge is 0.262 e. The molecule has 0 unspecified atom stereocenters. The van der Waals surface area contributed by atoms with E-state index in [0.717, 1.165) is 5.75 Å². The Morgan fingerprint density at radius 2 is 1.50 bits per heavy atom. The highest BCUT2D eigenvalue weighted by molar-refractivity contribution is 9.10. The fourth-order valence-electron chi connectivity index (χ4n) is 2.47. The SMILES string of the molecule is O=C(COc1c(Cl)cc(Cl)cc1Br)Nc1ccc(OCCOc2ccccc2)cc1. The average Bonchev–Trinajstić information content (AvgIpc) is 2.72. The highest BCUT2D eigenvalue weighted by Gasteiger charge is 2.11. The van der Waals surface area contributed by atoms with E-state index in [4.69, 9.17) is 37.4 Å². The first kappa shape index (κ1) is 22.3. The van der Waals surface area contributed by atoms with Crippen LogP contribution in [0.5, 0.6) is 17.2 Å². The van der Waals surface area contributed by atoms with Crippen LogP contribution >= 0.6 is 39.1 Å². The summed E-state index contributed by atoms with van der Waals surface area (Å²) in [5.74, 6) is 1.52. The minimum absolute atomic E-state index is 0.199. The summed E-state index contributed by atoms with van der Waals surface area (Å²) in [6.45, 7) is 0.642. The van der Waals surface area contributed by atoms with Crippen molar-refractivity contribution in [2.75, 3.05) is 25.1 Å². The van der Waals surface area contributed by atoms with Crippen LogP contribution in [0.4, 0.5) is 5.69 Å². The molecule has 0 heterocycles. The lowest BCUT2D eigenvalue weighted by molar-refractivity contribution is -0.118. The molecule has 0 saturated heterocycles. The highest BCUT2D eigenvalue weighted by Crippen LogP contribution is 2.36. The van der Waals surface area contributed by atoms with E-state index in [9.17, 15) is 4.79 Å². The Hall–Kier alpha value is -2.41. The van der Waals surface area contributed by atoms with Gasteiger partial charge in [-0.3, -0.25) is 4.79 Å². The lowest BCUT2D eigenvalue weighted by atomic mass is 10.3. The average molecular weight is 511 g/mol. The number of nitrogens with one attached hydrogen (secondary N) is 1. The summed E-state index contributed by atoms with van der Waals surface area (Å²) >= 11 is 15.3. The second kappa shape index (κ2) is 11.1. The number of halogens is 3. The van der Waals surface area contributed by atoms with Gasteiger partial charge >= 0.3 is 0 Å². The molecule has 0 aliphatic carbocycles. The molecule has 156 valence electrons. The summed E-state index contributed by atoms with van der Waals surface area (Å²) < 4.78 is 17.3.